The van der Waals surface area contributed by atoms with Gasteiger partial charge in [0.25, 0.3) is 0 Å². The molecule has 11 heteroatoms. The van der Waals surface area contributed by atoms with Crippen molar-refractivity contribution in [1.82, 2.24) is 14.9 Å². The van der Waals surface area contributed by atoms with Gasteiger partial charge < -0.3 is 36.0 Å². The number of ether oxygens (including phenoxy) is 1. The summed E-state index contributed by atoms with van der Waals surface area (Å²) in [6, 6.07) is 8.63. The third-order valence-corrected chi connectivity index (χ3v) is 7.36. The van der Waals surface area contributed by atoms with Crippen molar-refractivity contribution < 1.29 is 14.2 Å². The number of rotatable bonds is 7. The number of aromatic nitrogens is 2. The normalized spacial score (nSPS) is 19.4. The Morgan fingerprint density at radius 2 is 1.95 bits per heavy atom. The van der Waals surface area contributed by atoms with Crippen LogP contribution in [0.25, 0.3) is 0 Å². The second kappa shape index (κ2) is 9.51. The Hall–Kier alpha value is -3.34. The van der Waals surface area contributed by atoms with Crippen molar-refractivity contribution in [3.8, 4) is 5.75 Å². The van der Waals surface area contributed by atoms with Gasteiger partial charge in [-0.3, -0.25) is 0 Å². The number of fused-ring (bicyclic) bond motifs is 1. The molecule has 0 radical (unpaired) electrons. The van der Waals surface area contributed by atoms with Crippen molar-refractivity contribution in [3.63, 3.8) is 0 Å². The Morgan fingerprint density at radius 3 is 2.62 bits per heavy atom. The minimum Gasteiger partial charge on any atom is -0.494 e. The number of nitrogens with zero attached hydrogens (tertiary/aromatic N) is 4. The zero-order valence-electron chi connectivity index (χ0n) is 21.2. The maximum absolute atomic E-state index is 14.1. The molecule has 9 nitrogen and oxygen atoms in total. The number of aliphatic hydroxyl groups is 1. The van der Waals surface area contributed by atoms with Crippen molar-refractivity contribution >= 4 is 46.1 Å². The maximum atomic E-state index is 14.1. The van der Waals surface area contributed by atoms with Crippen LogP contribution in [0.5, 0.6) is 5.75 Å². The molecule has 3 aromatic rings. The first kappa shape index (κ1) is 25.3. The van der Waals surface area contributed by atoms with Crippen molar-refractivity contribution in [2.24, 2.45) is 5.92 Å². The number of halogens is 2. The Kier molecular flexibility index (Phi) is 6.51. The molecular formula is C26H31ClFN7O2. The SMILES string of the molecule is COc1cc(N2C[C@H]3CN(C)[C@H]3C2)c(N)cc1Nc1nccc(Nc2cc(Cl)c(F)cc2C(C)(C)O)n1. The fourth-order valence-corrected chi connectivity index (χ4v) is 5.29. The van der Waals surface area contributed by atoms with Gasteiger partial charge in [-0.25, -0.2) is 9.37 Å². The lowest BCUT2D eigenvalue weighted by Gasteiger charge is -2.40. The van der Waals surface area contributed by atoms with E-state index in [-0.39, 0.29) is 5.02 Å². The number of nitrogen functional groups attached to an aromatic ring is 1. The standard InChI is InChI=1S/C26H31ClFN7O2/c1-26(2,36)15-7-17(28)16(27)8-19(15)31-24-5-6-30-25(33-24)32-20-9-18(29)21(10-23(20)37-4)35-12-14-11-34(3)22(14)13-35/h5-10,14,22,36H,11-13,29H2,1-4H3,(H2,30,31,32,33)/t14-,22+/m1/s1. The van der Waals surface area contributed by atoms with Gasteiger partial charge in [0.05, 0.1) is 34.8 Å². The molecule has 5 rings (SSSR count). The number of nitrogens with two attached hydrogens (primary N) is 1. The zero-order chi connectivity index (χ0) is 26.5. The molecule has 196 valence electrons. The Bertz CT molecular complexity index is 1330. The number of anilines is 6. The third kappa shape index (κ3) is 4.96. The van der Waals surface area contributed by atoms with Crippen molar-refractivity contribution in [2.75, 3.05) is 55.1 Å². The van der Waals surface area contributed by atoms with Crippen LogP contribution >= 0.6 is 11.6 Å². The van der Waals surface area contributed by atoms with E-state index < -0.39 is 11.4 Å². The number of methoxy groups -OCH3 is 1. The molecule has 2 fully saturated rings. The van der Waals surface area contributed by atoms with E-state index >= 15 is 0 Å². The fourth-order valence-electron chi connectivity index (χ4n) is 5.13. The molecule has 0 saturated carbocycles. The van der Waals surface area contributed by atoms with Gasteiger partial charge in [0, 0.05) is 55.1 Å². The molecule has 0 amide bonds. The van der Waals surface area contributed by atoms with Crippen LogP contribution in [0.15, 0.2) is 36.5 Å². The average molecular weight is 528 g/mol. The van der Waals surface area contributed by atoms with Crippen LogP contribution in [0.3, 0.4) is 0 Å². The van der Waals surface area contributed by atoms with Gasteiger partial charge in [-0.2, -0.15) is 4.98 Å². The monoisotopic (exact) mass is 527 g/mol. The molecular weight excluding hydrogens is 497 g/mol. The summed E-state index contributed by atoms with van der Waals surface area (Å²) in [6.45, 7) is 6.17. The Labute approximate surface area is 220 Å². The summed E-state index contributed by atoms with van der Waals surface area (Å²) < 4.78 is 19.8. The molecule has 0 unspecified atom stereocenters. The first-order chi connectivity index (χ1) is 17.5. The van der Waals surface area contributed by atoms with Gasteiger partial charge in [-0.05, 0) is 45.2 Å². The Balaban J connectivity index is 1.38. The smallest absolute Gasteiger partial charge is 0.229 e. The topological polar surface area (TPSA) is 112 Å². The number of hydrogen-bond acceptors (Lipinski definition) is 9. The van der Waals surface area contributed by atoms with E-state index in [1.807, 2.05) is 12.1 Å². The maximum Gasteiger partial charge on any atom is 0.229 e. The van der Waals surface area contributed by atoms with Crippen LogP contribution in [0.4, 0.5) is 38.9 Å². The minimum atomic E-state index is -1.31. The molecule has 5 N–H and O–H groups in total. The molecule has 2 aliphatic heterocycles. The third-order valence-electron chi connectivity index (χ3n) is 7.07. The van der Waals surface area contributed by atoms with E-state index in [4.69, 9.17) is 22.1 Å². The highest BCUT2D eigenvalue weighted by molar-refractivity contribution is 6.31. The second-order valence-electron chi connectivity index (χ2n) is 10.2. The summed E-state index contributed by atoms with van der Waals surface area (Å²) in [5.74, 6) is 1.40. The molecule has 2 aromatic carbocycles. The highest BCUT2D eigenvalue weighted by atomic mass is 35.5. The highest BCUT2D eigenvalue weighted by Gasteiger charge is 2.44. The van der Waals surface area contributed by atoms with Crippen LogP contribution in [0.2, 0.25) is 5.02 Å². The highest BCUT2D eigenvalue weighted by Crippen LogP contribution is 2.41. The van der Waals surface area contributed by atoms with Gasteiger partial charge in [0.1, 0.15) is 17.4 Å². The van der Waals surface area contributed by atoms with Crippen LogP contribution in [-0.4, -0.2) is 59.8 Å². The molecule has 0 spiro atoms. The molecule has 2 atom stereocenters. The molecule has 0 bridgehead atoms. The lowest BCUT2D eigenvalue weighted by Crippen LogP contribution is -2.52. The quantitative estimate of drug-likeness (QED) is 0.334. The number of benzene rings is 2. The van der Waals surface area contributed by atoms with Crippen LogP contribution in [0.1, 0.15) is 19.4 Å². The summed E-state index contributed by atoms with van der Waals surface area (Å²) in [5, 5.41) is 16.7. The van der Waals surface area contributed by atoms with E-state index in [1.54, 1.807) is 33.2 Å². The number of hydrogen-bond donors (Lipinski definition) is 4. The fraction of sp³-hybridized carbons (Fsp3) is 0.385. The van der Waals surface area contributed by atoms with Crippen LogP contribution in [0, 0.1) is 11.7 Å². The first-order valence-corrected chi connectivity index (χ1v) is 12.4. The summed E-state index contributed by atoms with van der Waals surface area (Å²) >= 11 is 6.00. The van der Waals surface area contributed by atoms with E-state index in [2.05, 4.69) is 37.4 Å². The largest absolute Gasteiger partial charge is 0.494 e. The van der Waals surface area contributed by atoms with Crippen LogP contribution in [-0.2, 0) is 5.60 Å². The van der Waals surface area contributed by atoms with Gasteiger partial charge in [-0.15, -0.1) is 0 Å². The van der Waals surface area contributed by atoms with E-state index in [1.165, 1.54) is 12.1 Å². The van der Waals surface area contributed by atoms with Crippen molar-refractivity contribution in [2.45, 2.75) is 25.5 Å². The molecule has 2 saturated heterocycles. The molecule has 37 heavy (non-hydrogen) atoms. The Morgan fingerprint density at radius 1 is 1.16 bits per heavy atom. The van der Waals surface area contributed by atoms with E-state index in [9.17, 15) is 9.50 Å². The van der Waals surface area contributed by atoms with Crippen molar-refractivity contribution in [3.05, 3.63) is 52.9 Å². The van der Waals surface area contributed by atoms with Gasteiger partial charge in [0.15, 0.2) is 0 Å². The van der Waals surface area contributed by atoms with Gasteiger partial charge in [0.2, 0.25) is 5.95 Å². The molecule has 3 heterocycles. The average Bonchev–Trinajstić information content (AvgIpc) is 3.18. The second-order valence-corrected chi connectivity index (χ2v) is 10.6. The summed E-state index contributed by atoms with van der Waals surface area (Å²) in [4.78, 5) is 13.5. The van der Waals surface area contributed by atoms with Crippen LogP contribution < -0.4 is 26.0 Å². The first-order valence-electron chi connectivity index (χ1n) is 12.0. The van der Waals surface area contributed by atoms with Crippen molar-refractivity contribution in [1.29, 1.82) is 0 Å². The summed E-state index contributed by atoms with van der Waals surface area (Å²) in [5.41, 5.74) is 8.15. The molecule has 0 aliphatic carbocycles. The van der Waals surface area contributed by atoms with E-state index in [0.717, 1.165) is 25.3 Å². The summed E-state index contributed by atoms with van der Waals surface area (Å²) in [6.07, 6.45) is 1.58. The van der Waals surface area contributed by atoms with Gasteiger partial charge in [-0.1, -0.05) is 11.6 Å². The van der Waals surface area contributed by atoms with E-state index in [0.29, 0.717) is 52.1 Å². The lowest BCUT2D eigenvalue weighted by atomic mass is 9.93. The number of likely N-dealkylation sites (tertiary alicyclic amines) is 1. The minimum absolute atomic E-state index is 0.0686. The zero-order valence-corrected chi connectivity index (χ0v) is 22.0. The predicted molar refractivity (Wildman–Crippen MR) is 145 cm³/mol. The molecule has 1 aromatic heterocycles. The summed E-state index contributed by atoms with van der Waals surface area (Å²) in [7, 11) is 3.76. The number of nitrogens with one attached hydrogen (secondary N) is 2. The molecule has 2 aliphatic rings. The predicted octanol–water partition coefficient (Wildman–Crippen LogP) is 4.32. The van der Waals surface area contributed by atoms with Gasteiger partial charge >= 0.3 is 0 Å². The lowest BCUT2D eigenvalue weighted by molar-refractivity contribution is 0.0790. The number of likely N-dealkylation sites (N-methyl/N-ethyl adjacent to an activating group) is 1.